The van der Waals surface area contributed by atoms with E-state index < -0.39 is 0 Å². The van der Waals surface area contributed by atoms with Crippen LogP contribution in [0.4, 0.5) is 4.39 Å². The lowest BCUT2D eigenvalue weighted by atomic mass is 10.2. The fourth-order valence-corrected chi connectivity index (χ4v) is 1.77. The molecule has 1 aromatic heterocycles. The van der Waals surface area contributed by atoms with Crippen molar-refractivity contribution >= 4 is 22.2 Å². The van der Waals surface area contributed by atoms with Gasteiger partial charge in [-0.25, -0.2) is 9.37 Å². The Morgan fingerprint density at radius 3 is 2.78 bits per heavy atom. The molecule has 1 aromatic carbocycles. The lowest BCUT2D eigenvalue weighted by Gasteiger charge is -2.06. The van der Waals surface area contributed by atoms with E-state index in [0.717, 1.165) is 5.56 Å². The third-order valence-corrected chi connectivity index (χ3v) is 2.88. The van der Waals surface area contributed by atoms with Crippen LogP contribution in [0.3, 0.4) is 0 Å². The Kier molecular flexibility index (Phi) is 4.04. The Bertz CT molecular complexity index is 557. The molecule has 0 aliphatic heterocycles. The van der Waals surface area contributed by atoms with Crippen molar-refractivity contribution in [1.29, 1.82) is 0 Å². The van der Waals surface area contributed by atoms with Crippen molar-refractivity contribution in [2.45, 2.75) is 6.61 Å². The average molecular weight is 310 g/mol. The summed E-state index contributed by atoms with van der Waals surface area (Å²) >= 11 is 3.11. The quantitative estimate of drug-likeness (QED) is 0.813. The predicted molar refractivity (Wildman–Crippen MR) is 68.1 cm³/mol. The highest BCUT2D eigenvalue weighted by atomic mass is 79.9. The highest BCUT2D eigenvalue weighted by Gasteiger charge is 2.02. The minimum Gasteiger partial charge on any atom is -0.487 e. The molecule has 0 fully saturated rings. The summed E-state index contributed by atoms with van der Waals surface area (Å²) in [6.07, 6.45) is 2.14. The summed E-state index contributed by atoms with van der Waals surface area (Å²) in [6.45, 7) is 0.307. The van der Waals surface area contributed by atoms with Crippen molar-refractivity contribution < 1.29 is 13.9 Å². The van der Waals surface area contributed by atoms with Gasteiger partial charge in [0.15, 0.2) is 6.29 Å². The van der Waals surface area contributed by atoms with Crippen LogP contribution in [0.2, 0.25) is 0 Å². The van der Waals surface area contributed by atoms with Crippen LogP contribution in [0.1, 0.15) is 16.1 Å². The second kappa shape index (κ2) is 5.73. The molecule has 0 spiro atoms. The molecule has 0 aliphatic rings. The zero-order valence-corrected chi connectivity index (χ0v) is 10.9. The van der Waals surface area contributed by atoms with Crippen molar-refractivity contribution in [3.8, 4) is 5.75 Å². The van der Waals surface area contributed by atoms with Crippen LogP contribution in [0.15, 0.2) is 41.0 Å². The highest BCUT2D eigenvalue weighted by Crippen LogP contribution is 2.18. The van der Waals surface area contributed by atoms with E-state index >= 15 is 0 Å². The second-order valence-electron chi connectivity index (χ2n) is 3.57. The Balaban J connectivity index is 2.01. The summed E-state index contributed by atoms with van der Waals surface area (Å²) < 4.78 is 18.9. The van der Waals surface area contributed by atoms with Gasteiger partial charge in [0.2, 0.25) is 0 Å². The van der Waals surface area contributed by atoms with E-state index in [-0.39, 0.29) is 5.82 Å². The van der Waals surface area contributed by atoms with E-state index in [4.69, 9.17) is 4.74 Å². The molecule has 2 rings (SSSR count). The number of pyridine rings is 1. The maximum Gasteiger partial charge on any atom is 0.168 e. The van der Waals surface area contributed by atoms with Gasteiger partial charge in [-0.15, -0.1) is 0 Å². The molecular formula is C13H9BrFNO2. The standard InChI is InChI=1S/C13H9BrFNO2/c14-12-5-9(1-4-13(12)15)8-18-11-3-2-10(7-17)16-6-11/h1-7H,8H2. The summed E-state index contributed by atoms with van der Waals surface area (Å²) in [5.74, 6) is 0.247. The third kappa shape index (κ3) is 3.13. The van der Waals surface area contributed by atoms with Crippen LogP contribution in [0, 0.1) is 5.82 Å². The van der Waals surface area contributed by atoms with Crippen LogP contribution in [-0.2, 0) is 6.61 Å². The van der Waals surface area contributed by atoms with Gasteiger partial charge in [-0.1, -0.05) is 6.07 Å². The van der Waals surface area contributed by atoms with Gasteiger partial charge >= 0.3 is 0 Å². The van der Waals surface area contributed by atoms with Crippen molar-refractivity contribution in [3.05, 3.63) is 58.1 Å². The maximum absolute atomic E-state index is 13.0. The average Bonchev–Trinajstić information content (AvgIpc) is 2.41. The van der Waals surface area contributed by atoms with E-state index in [1.54, 1.807) is 24.3 Å². The first kappa shape index (κ1) is 12.7. The van der Waals surface area contributed by atoms with Crippen molar-refractivity contribution in [2.75, 3.05) is 0 Å². The Hall–Kier alpha value is -1.75. The van der Waals surface area contributed by atoms with Gasteiger partial charge in [-0.05, 0) is 45.8 Å². The Morgan fingerprint density at radius 1 is 1.33 bits per heavy atom. The van der Waals surface area contributed by atoms with E-state index in [0.29, 0.717) is 28.8 Å². The fraction of sp³-hybridized carbons (Fsp3) is 0.0769. The summed E-state index contributed by atoms with van der Waals surface area (Å²) in [4.78, 5) is 14.3. The number of aldehydes is 1. The van der Waals surface area contributed by atoms with Gasteiger partial charge in [0.05, 0.1) is 10.7 Å². The molecule has 0 N–H and O–H groups in total. The number of halogens is 2. The maximum atomic E-state index is 13.0. The minimum absolute atomic E-state index is 0.307. The third-order valence-electron chi connectivity index (χ3n) is 2.27. The largest absolute Gasteiger partial charge is 0.487 e. The highest BCUT2D eigenvalue weighted by molar-refractivity contribution is 9.10. The first-order valence-corrected chi connectivity index (χ1v) is 5.96. The van der Waals surface area contributed by atoms with Crippen LogP contribution < -0.4 is 4.74 Å². The van der Waals surface area contributed by atoms with Crippen LogP contribution in [-0.4, -0.2) is 11.3 Å². The molecule has 0 bridgehead atoms. The molecule has 0 saturated carbocycles. The van der Waals surface area contributed by atoms with Crippen molar-refractivity contribution in [1.82, 2.24) is 4.98 Å². The van der Waals surface area contributed by atoms with E-state index in [2.05, 4.69) is 20.9 Å². The molecule has 1 heterocycles. The molecular weight excluding hydrogens is 301 g/mol. The molecule has 3 nitrogen and oxygen atoms in total. The van der Waals surface area contributed by atoms with E-state index in [1.807, 2.05) is 0 Å². The second-order valence-corrected chi connectivity index (χ2v) is 4.43. The van der Waals surface area contributed by atoms with Crippen LogP contribution in [0.5, 0.6) is 5.75 Å². The zero-order chi connectivity index (χ0) is 13.0. The number of nitrogens with zero attached hydrogens (tertiary/aromatic N) is 1. The number of benzene rings is 1. The van der Waals surface area contributed by atoms with Gasteiger partial charge in [0.1, 0.15) is 23.9 Å². The zero-order valence-electron chi connectivity index (χ0n) is 9.27. The minimum atomic E-state index is -0.309. The number of hydrogen-bond donors (Lipinski definition) is 0. The topological polar surface area (TPSA) is 39.2 Å². The summed E-state index contributed by atoms with van der Waals surface area (Å²) in [7, 11) is 0. The normalized spacial score (nSPS) is 10.1. The number of ether oxygens (including phenoxy) is 1. The van der Waals surface area contributed by atoms with Gasteiger partial charge in [-0.3, -0.25) is 4.79 Å². The molecule has 0 unspecified atom stereocenters. The summed E-state index contributed by atoms with van der Waals surface area (Å²) in [5, 5.41) is 0. The molecule has 2 aromatic rings. The van der Waals surface area contributed by atoms with Gasteiger partial charge in [-0.2, -0.15) is 0 Å². The number of hydrogen-bond acceptors (Lipinski definition) is 3. The van der Waals surface area contributed by atoms with Crippen molar-refractivity contribution in [3.63, 3.8) is 0 Å². The Morgan fingerprint density at radius 2 is 2.17 bits per heavy atom. The number of carbonyl (C=O) groups excluding carboxylic acids is 1. The van der Waals surface area contributed by atoms with Gasteiger partial charge in [0.25, 0.3) is 0 Å². The summed E-state index contributed by atoms with van der Waals surface area (Å²) in [5.41, 5.74) is 1.19. The molecule has 5 heteroatoms. The Labute approximate surface area is 112 Å². The molecule has 0 aliphatic carbocycles. The summed E-state index contributed by atoms with van der Waals surface area (Å²) in [6, 6.07) is 7.91. The van der Waals surface area contributed by atoms with E-state index in [9.17, 15) is 9.18 Å². The predicted octanol–water partition coefficient (Wildman–Crippen LogP) is 3.37. The van der Waals surface area contributed by atoms with Crippen LogP contribution >= 0.6 is 15.9 Å². The smallest absolute Gasteiger partial charge is 0.168 e. The SMILES string of the molecule is O=Cc1ccc(OCc2ccc(F)c(Br)c2)cn1. The lowest BCUT2D eigenvalue weighted by Crippen LogP contribution is -1.97. The molecule has 0 saturated heterocycles. The van der Waals surface area contributed by atoms with Gasteiger partial charge < -0.3 is 4.74 Å². The first-order valence-electron chi connectivity index (χ1n) is 5.17. The number of carbonyl (C=O) groups is 1. The molecule has 92 valence electrons. The lowest BCUT2D eigenvalue weighted by molar-refractivity contribution is 0.111. The van der Waals surface area contributed by atoms with Crippen LogP contribution in [0.25, 0.3) is 0 Å². The monoisotopic (exact) mass is 309 g/mol. The van der Waals surface area contributed by atoms with E-state index in [1.165, 1.54) is 12.3 Å². The first-order chi connectivity index (χ1) is 8.69. The number of rotatable bonds is 4. The fourth-order valence-electron chi connectivity index (χ4n) is 1.34. The molecule has 0 amide bonds. The molecule has 0 atom stereocenters. The van der Waals surface area contributed by atoms with Crippen molar-refractivity contribution in [2.24, 2.45) is 0 Å². The molecule has 18 heavy (non-hydrogen) atoms. The number of aromatic nitrogens is 1. The van der Waals surface area contributed by atoms with Gasteiger partial charge in [0, 0.05) is 0 Å². The molecule has 0 radical (unpaired) electrons.